The van der Waals surface area contributed by atoms with E-state index in [0.29, 0.717) is 0 Å². The van der Waals surface area contributed by atoms with Crippen molar-refractivity contribution in [2.45, 2.75) is 37.2 Å². The molecule has 5 heteroatoms. The molecule has 17 heavy (non-hydrogen) atoms. The molecule has 0 saturated carbocycles. The molecule has 90 valence electrons. The van der Waals surface area contributed by atoms with Gasteiger partial charge in [0.1, 0.15) is 6.33 Å². The molecule has 0 amide bonds. The average molecular weight is 248 g/mol. The molecule has 0 atom stereocenters. The lowest BCUT2D eigenvalue weighted by molar-refractivity contribution is 0.326. The molecule has 0 fully saturated rings. The first-order valence-electron chi connectivity index (χ1n) is 5.49. The van der Waals surface area contributed by atoms with Gasteiger partial charge in [-0.3, -0.25) is 4.98 Å². The first-order chi connectivity index (χ1) is 8.07. The molecule has 0 aliphatic rings. The van der Waals surface area contributed by atoms with E-state index < -0.39 is 0 Å². The summed E-state index contributed by atoms with van der Waals surface area (Å²) in [5.41, 5.74) is 1.16. The molecule has 0 bridgehead atoms. The van der Waals surface area contributed by atoms with Crippen LogP contribution in [0.1, 0.15) is 26.3 Å². The van der Waals surface area contributed by atoms with Gasteiger partial charge in [0.15, 0.2) is 5.16 Å². The topological polar surface area (TPSA) is 43.6 Å². The fourth-order valence-electron chi connectivity index (χ4n) is 1.42. The smallest absolute Gasteiger partial charge is 0.186 e. The second-order valence-corrected chi connectivity index (χ2v) is 5.72. The van der Waals surface area contributed by atoms with Crippen molar-refractivity contribution < 1.29 is 0 Å². The molecule has 4 nitrogen and oxygen atoms in total. The zero-order chi connectivity index (χ0) is 12.3. The summed E-state index contributed by atoms with van der Waals surface area (Å²) in [6, 6.07) is 4.02. The minimum Gasteiger partial charge on any atom is -0.264 e. The molecule has 0 aliphatic carbocycles. The van der Waals surface area contributed by atoms with Crippen LogP contribution >= 0.6 is 11.8 Å². The summed E-state index contributed by atoms with van der Waals surface area (Å²) >= 11 is 1.68. The number of thioether (sulfide) groups is 1. The second-order valence-electron chi connectivity index (χ2n) is 4.78. The van der Waals surface area contributed by atoms with Gasteiger partial charge in [-0.25, -0.2) is 9.67 Å². The van der Waals surface area contributed by atoms with E-state index in [-0.39, 0.29) is 5.54 Å². The van der Waals surface area contributed by atoms with Gasteiger partial charge in [0.25, 0.3) is 0 Å². The molecular weight excluding hydrogens is 232 g/mol. The molecule has 2 rings (SSSR count). The van der Waals surface area contributed by atoms with Gasteiger partial charge in [-0.15, -0.1) is 0 Å². The van der Waals surface area contributed by atoms with E-state index in [1.165, 1.54) is 5.56 Å². The van der Waals surface area contributed by atoms with Gasteiger partial charge in [0.2, 0.25) is 0 Å². The fraction of sp³-hybridized carbons (Fsp3) is 0.417. The van der Waals surface area contributed by atoms with Crippen molar-refractivity contribution >= 4 is 11.8 Å². The Morgan fingerprint density at radius 2 is 2.18 bits per heavy atom. The highest BCUT2D eigenvalue weighted by Gasteiger charge is 2.18. The summed E-state index contributed by atoms with van der Waals surface area (Å²) in [4.78, 5) is 8.39. The highest BCUT2D eigenvalue weighted by molar-refractivity contribution is 7.98. The number of pyridine rings is 1. The molecule has 0 saturated heterocycles. The SMILES string of the molecule is CC(C)(C)n1ncnc1SCc1cccnc1. The van der Waals surface area contributed by atoms with Crippen LogP contribution in [-0.2, 0) is 11.3 Å². The van der Waals surface area contributed by atoms with Crippen LogP contribution in [-0.4, -0.2) is 19.7 Å². The molecule has 2 aromatic heterocycles. The summed E-state index contributed by atoms with van der Waals surface area (Å²) in [6.45, 7) is 6.36. The number of aromatic nitrogens is 4. The number of nitrogens with zero attached hydrogens (tertiary/aromatic N) is 4. The van der Waals surface area contributed by atoms with E-state index in [2.05, 4.69) is 41.9 Å². The van der Waals surface area contributed by atoms with Crippen molar-refractivity contribution in [3.8, 4) is 0 Å². The van der Waals surface area contributed by atoms with Crippen LogP contribution in [0.3, 0.4) is 0 Å². The van der Waals surface area contributed by atoms with Crippen LogP contribution in [0.2, 0.25) is 0 Å². The largest absolute Gasteiger partial charge is 0.264 e. The molecule has 0 aliphatic heterocycles. The average Bonchev–Trinajstić information content (AvgIpc) is 2.75. The Morgan fingerprint density at radius 1 is 1.35 bits per heavy atom. The summed E-state index contributed by atoms with van der Waals surface area (Å²) in [7, 11) is 0. The van der Waals surface area contributed by atoms with Crippen LogP contribution in [0, 0.1) is 0 Å². The van der Waals surface area contributed by atoms with Crippen molar-refractivity contribution in [3.63, 3.8) is 0 Å². The van der Waals surface area contributed by atoms with Crippen LogP contribution < -0.4 is 0 Å². The highest BCUT2D eigenvalue weighted by atomic mass is 32.2. The molecule has 0 spiro atoms. The van der Waals surface area contributed by atoms with E-state index in [4.69, 9.17) is 0 Å². The Morgan fingerprint density at radius 3 is 2.82 bits per heavy atom. The van der Waals surface area contributed by atoms with Gasteiger partial charge in [-0.1, -0.05) is 17.8 Å². The van der Waals surface area contributed by atoms with Crippen molar-refractivity contribution in [3.05, 3.63) is 36.4 Å². The van der Waals surface area contributed by atoms with E-state index in [1.807, 2.05) is 16.9 Å². The molecule has 0 N–H and O–H groups in total. The summed E-state index contributed by atoms with van der Waals surface area (Å²) in [5, 5.41) is 5.21. The monoisotopic (exact) mass is 248 g/mol. The molecule has 2 heterocycles. The fourth-order valence-corrected chi connectivity index (χ4v) is 2.45. The lowest BCUT2D eigenvalue weighted by Crippen LogP contribution is -2.23. The summed E-state index contributed by atoms with van der Waals surface area (Å²) < 4.78 is 1.95. The van der Waals surface area contributed by atoms with E-state index in [1.54, 1.807) is 24.3 Å². The van der Waals surface area contributed by atoms with Crippen molar-refractivity contribution in [1.82, 2.24) is 19.7 Å². The third kappa shape index (κ3) is 3.06. The lowest BCUT2D eigenvalue weighted by atomic mass is 10.1. The van der Waals surface area contributed by atoms with Gasteiger partial charge in [-0.05, 0) is 32.4 Å². The summed E-state index contributed by atoms with van der Waals surface area (Å²) in [5.74, 6) is 0.864. The van der Waals surface area contributed by atoms with Gasteiger partial charge < -0.3 is 0 Å². The van der Waals surface area contributed by atoms with Crippen molar-refractivity contribution in [2.24, 2.45) is 0 Å². The first-order valence-corrected chi connectivity index (χ1v) is 6.48. The van der Waals surface area contributed by atoms with Gasteiger partial charge in [0, 0.05) is 18.1 Å². The Balaban J connectivity index is 2.08. The quantitative estimate of drug-likeness (QED) is 0.783. The maximum atomic E-state index is 4.29. The summed E-state index contributed by atoms with van der Waals surface area (Å²) in [6.07, 6.45) is 5.27. The van der Waals surface area contributed by atoms with Gasteiger partial charge in [-0.2, -0.15) is 5.10 Å². The van der Waals surface area contributed by atoms with Crippen molar-refractivity contribution in [2.75, 3.05) is 0 Å². The molecule has 0 aromatic carbocycles. The van der Waals surface area contributed by atoms with E-state index in [9.17, 15) is 0 Å². The van der Waals surface area contributed by atoms with E-state index in [0.717, 1.165) is 10.9 Å². The maximum absolute atomic E-state index is 4.29. The number of rotatable bonds is 3. The molecule has 0 radical (unpaired) electrons. The Kier molecular flexibility index (Phi) is 3.47. The standard InChI is InChI=1S/C12H16N4S/c1-12(2,3)16-11(14-9-15-16)17-8-10-5-4-6-13-7-10/h4-7,9H,8H2,1-3H3. The third-order valence-corrected chi connectivity index (χ3v) is 3.26. The molecule has 0 unspecified atom stereocenters. The Labute approximate surface area is 105 Å². The van der Waals surface area contributed by atoms with Gasteiger partial charge in [0.05, 0.1) is 5.54 Å². The Hall–Kier alpha value is -1.36. The minimum atomic E-state index is -0.0340. The predicted octanol–water partition coefficient (Wildman–Crippen LogP) is 2.72. The highest BCUT2D eigenvalue weighted by Crippen LogP contribution is 2.24. The van der Waals surface area contributed by atoms with Crippen LogP contribution in [0.4, 0.5) is 0 Å². The predicted molar refractivity (Wildman–Crippen MR) is 68.8 cm³/mol. The van der Waals surface area contributed by atoms with Crippen LogP contribution in [0.5, 0.6) is 0 Å². The first kappa shape index (κ1) is 12.1. The second kappa shape index (κ2) is 4.87. The normalized spacial score (nSPS) is 11.7. The number of hydrogen-bond donors (Lipinski definition) is 0. The zero-order valence-electron chi connectivity index (χ0n) is 10.3. The maximum Gasteiger partial charge on any atom is 0.186 e. The minimum absolute atomic E-state index is 0.0340. The van der Waals surface area contributed by atoms with Crippen molar-refractivity contribution in [1.29, 1.82) is 0 Å². The van der Waals surface area contributed by atoms with Gasteiger partial charge >= 0.3 is 0 Å². The molecule has 2 aromatic rings. The zero-order valence-corrected chi connectivity index (χ0v) is 11.1. The third-order valence-electron chi connectivity index (χ3n) is 2.24. The van der Waals surface area contributed by atoms with Crippen LogP contribution in [0.25, 0.3) is 0 Å². The van der Waals surface area contributed by atoms with Crippen LogP contribution in [0.15, 0.2) is 36.0 Å². The Bertz CT molecular complexity index is 473. The lowest BCUT2D eigenvalue weighted by Gasteiger charge is -2.20. The molecular formula is C12H16N4S. The van der Waals surface area contributed by atoms with E-state index >= 15 is 0 Å². The number of hydrogen-bond acceptors (Lipinski definition) is 4.